The Hall–Kier alpha value is -0.880. The first-order chi connectivity index (χ1) is 5.88. The lowest BCUT2D eigenvalue weighted by molar-refractivity contribution is 0.0702. The normalized spacial score (nSPS) is 11.5. The number of thiophene rings is 1. The van der Waals surface area contributed by atoms with Gasteiger partial charge >= 0.3 is 5.97 Å². The molecule has 72 valence electrons. The highest BCUT2D eigenvalue weighted by atomic mass is 32.2. The average Bonchev–Trinajstić information content (AvgIpc) is 2.31. The summed E-state index contributed by atoms with van der Waals surface area (Å²) >= 11 is 0.989. The second-order valence-corrected chi connectivity index (χ2v) is 5.95. The maximum atomic E-state index is 10.8. The highest BCUT2D eigenvalue weighted by molar-refractivity contribution is 7.90. The number of sulfone groups is 1. The number of hydrogen-bond donors (Lipinski definition) is 1. The number of rotatable bonds is 3. The molecule has 1 heterocycles. The van der Waals surface area contributed by atoms with Crippen molar-refractivity contribution in [2.24, 2.45) is 0 Å². The summed E-state index contributed by atoms with van der Waals surface area (Å²) in [5, 5.41) is 8.56. The van der Waals surface area contributed by atoms with Gasteiger partial charge in [-0.1, -0.05) is 0 Å². The SMILES string of the molecule is CS(=O)(=O)Cc1ccc(C(=O)O)s1. The van der Waals surface area contributed by atoms with Crippen molar-refractivity contribution in [1.82, 2.24) is 0 Å². The standard InChI is InChI=1S/C7H8O4S2/c1-13(10,11)4-5-2-3-6(12-5)7(8)9/h2-3H,4H2,1H3,(H,8,9). The second kappa shape index (κ2) is 3.47. The molecule has 0 saturated heterocycles. The van der Waals surface area contributed by atoms with Crippen molar-refractivity contribution in [3.63, 3.8) is 0 Å². The number of carbonyl (C=O) groups is 1. The van der Waals surface area contributed by atoms with Crippen LogP contribution in [-0.2, 0) is 15.6 Å². The quantitative estimate of drug-likeness (QED) is 0.824. The Kier molecular flexibility index (Phi) is 2.72. The van der Waals surface area contributed by atoms with E-state index in [1.54, 1.807) is 0 Å². The van der Waals surface area contributed by atoms with E-state index in [0.717, 1.165) is 17.6 Å². The van der Waals surface area contributed by atoms with Crippen molar-refractivity contribution in [1.29, 1.82) is 0 Å². The molecule has 6 heteroatoms. The molecule has 0 aliphatic carbocycles. The number of carboxylic acid groups (broad SMARTS) is 1. The molecule has 0 amide bonds. The summed E-state index contributed by atoms with van der Waals surface area (Å²) in [7, 11) is -3.07. The average molecular weight is 220 g/mol. The van der Waals surface area contributed by atoms with Gasteiger partial charge in [0.25, 0.3) is 0 Å². The van der Waals surface area contributed by atoms with Gasteiger partial charge in [0.05, 0.1) is 5.75 Å². The van der Waals surface area contributed by atoms with E-state index >= 15 is 0 Å². The molecule has 0 aromatic carbocycles. The van der Waals surface area contributed by atoms with E-state index in [0.29, 0.717) is 4.88 Å². The van der Waals surface area contributed by atoms with Crippen LogP contribution in [-0.4, -0.2) is 25.7 Å². The van der Waals surface area contributed by atoms with Crippen LogP contribution in [0, 0.1) is 0 Å². The molecule has 1 N–H and O–H groups in total. The van der Waals surface area contributed by atoms with Crippen molar-refractivity contribution in [2.75, 3.05) is 6.26 Å². The van der Waals surface area contributed by atoms with Gasteiger partial charge in [0.15, 0.2) is 9.84 Å². The molecular weight excluding hydrogens is 212 g/mol. The molecule has 0 aliphatic rings. The van der Waals surface area contributed by atoms with Crippen molar-refractivity contribution in [3.8, 4) is 0 Å². The zero-order valence-corrected chi connectivity index (χ0v) is 8.48. The Morgan fingerprint density at radius 1 is 1.54 bits per heavy atom. The number of carboxylic acids is 1. The number of aromatic carboxylic acids is 1. The number of hydrogen-bond acceptors (Lipinski definition) is 4. The van der Waals surface area contributed by atoms with Gasteiger partial charge in [-0.2, -0.15) is 0 Å². The first-order valence-corrected chi connectivity index (χ1v) is 6.26. The summed E-state index contributed by atoms with van der Waals surface area (Å²) in [5.74, 6) is -1.12. The Morgan fingerprint density at radius 3 is 2.54 bits per heavy atom. The van der Waals surface area contributed by atoms with Gasteiger partial charge in [-0.15, -0.1) is 11.3 Å². The van der Waals surface area contributed by atoms with Crippen molar-refractivity contribution < 1.29 is 18.3 Å². The van der Waals surface area contributed by atoms with Crippen LogP contribution in [0.25, 0.3) is 0 Å². The molecule has 0 fully saturated rings. The van der Waals surface area contributed by atoms with Gasteiger partial charge in [0.2, 0.25) is 0 Å². The minimum atomic E-state index is -3.07. The Balaban J connectivity index is 2.87. The lowest BCUT2D eigenvalue weighted by Crippen LogP contribution is -1.98. The minimum Gasteiger partial charge on any atom is -0.477 e. The fourth-order valence-corrected chi connectivity index (χ4v) is 2.96. The van der Waals surface area contributed by atoms with Crippen molar-refractivity contribution in [2.45, 2.75) is 5.75 Å². The molecule has 1 aromatic rings. The van der Waals surface area contributed by atoms with E-state index in [9.17, 15) is 13.2 Å². The smallest absolute Gasteiger partial charge is 0.345 e. The van der Waals surface area contributed by atoms with Crippen LogP contribution in [0.4, 0.5) is 0 Å². The van der Waals surface area contributed by atoms with Gasteiger partial charge in [-0.25, -0.2) is 13.2 Å². The Morgan fingerprint density at radius 2 is 2.15 bits per heavy atom. The van der Waals surface area contributed by atoms with Gasteiger partial charge in [-0.05, 0) is 12.1 Å². The van der Waals surface area contributed by atoms with Crippen LogP contribution in [0.15, 0.2) is 12.1 Å². The molecule has 1 aromatic heterocycles. The summed E-state index contributed by atoms with van der Waals surface area (Å²) in [6.45, 7) is 0. The summed E-state index contributed by atoms with van der Waals surface area (Å²) in [6, 6.07) is 2.93. The Bertz CT molecular complexity index is 415. The summed E-state index contributed by atoms with van der Waals surface area (Å²) < 4.78 is 21.7. The van der Waals surface area contributed by atoms with E-state index in [-0.39, 0.29) is 10.6 Å². The van der Waals surface area contributed by atoms with Crippen LogP contribution >= 0.6 is 11.3 Å². The lowest BCUT2D eigenvalue weighted by atomic mass is 10.4. The maximum Gasteiger partial charge on any atom is 0.345 e. The molecule has 0 atom stereocenters. The second-order valence-electron chi connectivity index (χ2n) is 2.64. The Labute approximate surface area is 79.7 Å². The van der Waals surface area contributed by atoms with Gasteiger partial charge < -0.3 is 5.11 Å². The summed E-state index contributed by atoms with van der Waals surface area (Å²) in [5.41, 5.74) is 0. The topological polar surface area (TPSA) is 71.4 Å². The lowest BCUT2D eigenvalue weighted by Gasteiger charge is -1.91. The zero-order chi connectivity index (χ0) is 10.1. The van der Waals surface area contributed by atoms with Crippen LogP contribution in [0.5, 0.6) is 0 Å². The molecule has 13 heavy (non-hydrogen) atoms. The van der Waals surface area contributed by atoms with Crippen molar-refractivity contribution in [3.05, 3.63) is 21.9 Å². The van der Waals surface area contributed by atoms with Gasteiger partial charge in [-0.3, -0.25) is 0 Å². The molecule has 0 aliphatic heterocycles. The van der Waals surface area contributed by atoms with Gasteiger partial charge in [0, 0.05) is 11.1 Å². The van der Waals surface area contributed by atoms with E-state index in [2.05, 4.69) is 0 Å². The first-order valence-electron chi connectivity index (χ1n) is 3.38. The van der Waals surface area contributed by atoms with E-state index < -0.39 is 15.8 Å². The third-order valence-electron chi connectivity index (χ3n) is 1.28. The van der Waals surface area contributed by atoms with Crippen LogP contribution in [0.1, 0.15) is 14.5 Å². The third-order valence-corrected chi connectivity index (χ3v) is 3.37. The largest absolute Gasteiger partial charge is 0.477 e. The summed E-state index contributed by atoms with van der Waals surface area (Å²) in [4.78, 5) is 11.2. The monoisotopic (exact) mass is 220 g/mol. The molecule has 0 spiro atoms. The van der Waals surface area contributed by atoms with E-state index in [4.69, 9.17) is 5.11 Å². The molecule has 1 rings (SSSR count). The van der Waals surface area contributed by atoms with E-state index in [1.165, 1.54) is 12.1 Å². The highest BCUT2D eigenvalue weighted by Crippen LogP contribution is 2.18. The minimum absolute atomic E-state index is 0.0923. The van der Waals surface area contributed by atoms with Crippen molar-refractivity contribution >= 4 is 27.1 Å². The van der Waals surface area contributed by atoms with Crippen LogP contribution in [0.2, 0.25) is 0 Å². The predicted molar refractivity (Wildman–Crippen MR) is 49.8 cm³/mol. The fraction of sp³-hybridized carbons (Fsp3) is 0.286. The van der Waals surface area contributed by atoms with Crippen LogP contribution in [0.3, 0.4) is 0 Å². The molecule has 0 saturated carbocycles. The molecular formula is C7H8O4S2. The fourth-order valence-electron chi connectivity index (χ4n) is 0.829. The summed E-state index contributed by atoms with van der Waals surface area (Å²) in [6.07, 6.45) is 1.12. The first kappa shape index (κ1) is 10.2. The third kappa shape index (κ3) is 3.16. The zero-order valence-electron chi connectivity index (χ0n) is 6.85. The molecule has 0 bridgehead atoms. The van der Waals surface area contributed by atoms with E-state index in [1.807, 2.05) is 0 Å². The molecule has 0 radical (unpaired) electrons. The predicted octanol–water partition coefficient (Wildman–Crippen LogP) is 0.991. The maximum absolute atomic E-state index is 10.8. The highest BCUT2D eigenvalue weighted by Gasteiger charge is 2.10. The molecule has 4 nitrogen and oxygen atoms in total. The van der Waals surface area contributed by atoms with Gasteiger partial charge in [0.1, 0.15) is 4.88 Å². The van der Waals surface area contributed by atoms with Crippen LogP contribution < -0.4 is 0 Å². The molecule has 0 unspecified atom stereocenters.